The molecule has 0 aliphatic heterocycles. The third-order valence-electron chi connectivity index (χ3n) is 2.61. The molecule has 100 valence electrons. The van der Waals surface area contributed by atoms with Crippen LogP contribution < -0.4 is 10.9 Å². The van der Waals surface area contributed by atoms with Gasteiger partial charge in [0.1, 0.15) is 0 Å². The highest BCUT2D eigenvalue weighted by Crippen LogP contribution is 2.03. The smallest absolute Gasteiger partial charge is 0.251 e. The van der Waals surface area contributed by atoms with E-state index in [1.807, 2.05) is 13.8 Å². The molecule has 0 aliphatic carbocycles. The topological polar surface area (TPSA) is 71.3 Å². The number of hydrogen-bond donors (Lipinski definition) is 2. The molecule has 2 N–H and O–H groups in total. The highest BCUT2D eigenvalue weighted by atomic mass is 16.3. The molecule has 0 spiro atoms. The summed E-state index contributed by atoms with van der Waals surface area (Å²) in [5, 5.41) is 12.2. The van der Waals surface area contributed by atoms with Crippen LogP contribution in [0, 0.1) is 5.92 Å². The zero-order valence-electron chi connectivity index (χ0n) is 11.0. The number of carbonyl (C=O) groups excluding carboxylic acids is 1. The Morgan fingerprint density at radius 3 is 2.72 bits per heavy atom. The normalized spacial score (nSPS) is 12.5. The Balaban J connectivity index is 2.55. The molecule has 5 heteroatoms. The molecular weight excluding hydrogens is 232 g/mol. The molecule has 0 saturated carbocycles. The number of rotatable bonds is 5. The van der Waals surface area contributed by atoms with Gasteiger partial charge in [-0.3, -0.25) is 9.59 Å². The van der Waals surface area contributed by atoms with E-state index in [0.29, 0.717) is 17.9 Å². The maximum Gasteiger partial charge on any atom is 0.251 e. The predicted molar refractivity (Wildman–Crippen MR) is 69.5 cm³/mol. The highest BCUT2D eigenvalue weighted by Gasteiger charge is 2.10. The van der Waals surface area contributed by atoms with E-state index in [9.17, 15) is 14.7 Å². The van der Waals surface area contributed by atoms with Crippen molar-refractivity contribution in [3.8, 4) is 0 Å². The summed E-state index contributed by atoms with van der Waals surface area (Å²) in [5.41, 5.74) is 0.0835. The van der Waals surface area contributed by atoms with Gasteiger partial charge in [-0.2, -0.15) is 0 Å². The molecule has 1 unspecified atom stereocenters. The van der Waals surface area contributed by atoms with E-state index in [1.165, 1.54) is 10.6 Å². The van der Waals surface area contributed by atoms with Crippen molar-refractivity contribution in [2.75, 3.05) is 6.54 Å². The molecule has 18 heavy (non-hydrogen) atoms. The second kappa shape index (κ2) is 6.35. The van der Waals surface area contributed by atoms with Crippen LogP contribution in [0.1, 0.15) is 30.6 Å². The summed E-state index contributed by atoms with van der Waals surface area (Å²) < 4.78 is 1.39. The van der Waals surface area contributed by atoms with E-state index >= 15 is 0 Å². The third-order valence-corrected chi connectivity index (χ3v) is 2.61. The summed E-state index contributed by atoms with van der Waals surface area (Å²) in [6, 6.07) is 2.86. The Hall–Kier alpha value is -1.62. The molecule has 1 heterocycles. The van der Waals surface area contributed by atoms with E-state index in [0.717, 1.165) is 0 Å². The van der Waals surface area contributed by atoms with Gasteiger partial charge in [-0.25, -0.2) is 0 Å². The lowest BCUT2D eigenvalue weighted by atomic mass is 10.1. The summed E-state index contributed by atoms with van der Waals surface area (Å²) in [6.07, 6.45) is 1.62. The van der Waals surface area contributed by atoms with Gasteiger partial charge in [0.15, 0.2) is 0 Å². The minimum atomic E-state index is -0.555. The fourth-order valence-corrected chi connectivity index (χ4v) is 1.63. The van der Waals surface area contributed by atoms with Crippen molar-refractivity contribution < 1.29 is 9.90 Å². The Bertz CT molecular complexity index is 466. The van der Waals surface area contributed by atoms with E-state index in [2.05, 4.69) is 5.32 Å². The number of pyridine rings is 1. The molecule has 0 fully saturated rings. The van der Waals surface area contributed by atoms with E-state index in [1.54, 1.807) is 19.3 Å². The van der Waals surface area contributed by atoms with Crippen molar-refractivity contribution in [3.05, 3.63) is 34.2 Å². The average molecular weight is 252 g/mol. The van der Waals surface area contributed by atoms with Gasteiger partial charge in [0.05, 0.1) is 6.10 Å². The van der Waals surface area contributed by atoms with Crippen LogP contribution in [0.2, 0.25) is 0 Å². The summed E-state index contributed by atoms with van der Waals surface area (Å²) >= 11 is 0. The predicted octanol–water partition coefficient (Wildman–Crippen LogP) is 0.522. The van der Waals surface area contributed by atoms with Crippen molar-refractivity contribution in [1.82, 2.24) is 9.88 Å². The van der Waals surface area contributed by atoms with Gasteiger partial charge in [0.2, 0.25) is 0 Å². The quantitative estimate of drug-likeness (QED) is 0.802. The highest BCUT2D eigenvalue weighted by molar-refractivity contribution is 5.93. The summed E-state index contributed by atoms with van der Waals surface area (Å²) in [4.78, 5) is 23.1. The number of nitrogens with zero attached hydrogens (tertiary/aromatic N) is 1. The van der Waals surface area contributed by atoms with Gasteiger partial charge in [0, 0.05) is 31.4 Å². The molecule has 0 aromatic carbocycles. The molecule has 1 aromatic heterocycles. The van der Waals surface area contributed by atoms with Crippen LogP contribution >= 0.6 is 0 Å². The molecular formula is C13H20N2O3. The van der Waals surface area contributed by atoms with Crippen LogP contribution in [-0.4, -0.2) is 28.2 Å². The largest absolute Gasteiger partial charge is 0.391 e. The number of aromatic nitrogens is 1. The number of aliphatic hydroxyl groups excluding tert-OH is 1. The standard InChI is InChI=1S/C13H20N2O3/c1-9(2)6-11(16)8-14-13(18)10-4-5-15(3)12(17)7-10/h4-5,7,9,11,16H,6,8H2,1-3H3,(H,14,18). The Kier molecular flexibility index (Phi) is 5.09. The summed E-state index contributed by atoms with van der Waals surface area (Å²) in [7, 11) is 1.62. The lowest BCUT2D eigenvalue weighted by molar-refractivity contribution is 0.0900. The maximum absolute atomic E-state index is 11.7. The molecule has 0 bridgehead atoms. The van der Waals surface area contributed by atoms with E-state index in [-0.39, 0.29) is 18.0 Å². The van der Waals surface area contributed by atoms with Gasteiger partial charge in [-0.05, 0) is 18.4 Å². The molecule has 1 atom stereocenters. The van der Waals surface area contributed by atoms with E-state index in [4.69, 9.17) is 0 Å². The lowest BCUT2D eigenvalue weighted by Crippen LogP contribution is -2.33. The molecule has 1 rings (SSSR count). The zero-order chi connectivity index (χ0) is 13.7. The van der Waals surface area contributed by atoms with Crippen molar-refractivity contribution in [2.45, 2.75) is 26.4 Å². The number of aryl methyl sites for hydroxylation is 1. The van der Waals surface area contributed by atoms with Crippen molar-refractivity contribution >= 4 is 5.91 Å². The zero-order valence-corrected chi connectivity index (χ0v) is 11.0. The van der Waals surface area contributed by atoms with Gasteiger partial charge in [-0.1, -0.05) is 13.8 Å². The van der Waals surface area contributed by atoms with Crippen molar-refractivity contribution in [3.63, 3.8) is 0 Å². The maximum atomic E-state index is 11.7. The van der Waals surface area contributed by atoms with Crippen molar-refractivity contribution in [1.29, 1.82) is 0 Å². The second-order valence-electron chi connectivity index (χ2n) is 4.86. The van der Waals surface area contributed by atoms with Crippen LogP contribution in [0.25, 0.3) is 0 Å². The van der Waals surface area contributed by atoms with Gasteiger partial charge < -0.3 is 15.0 Å². The van der Waals surface area contributed by atoms with E-state index < -0.39 is 6.10 Å². The van der Waals surface area contributed by atoms with Crippen LogP contribution in [0.4, 0.5) is 0 Å². The molecule has 5 nitrogen and oxygen atoms in total. The first-order valence-electron chi connectivity index (χ1n) is 6.03. The van der Waals surface area contributed by atoms with Crippen LogP contribution in [0.15, 0.2) is 23.1 Å². The molecule has 1 aromatic rings. The van der Waals surface area contributed by atoms with Crippen LogP contribution in [0.5, 0.6) is 0 Å². The molecule has 0 saturated heterocycles. The third kappa shape index (κ3) is 4.33. The number of nitrogens with one attached hydrogen (secondary N) is 1. The minimum Gasteiger partial charge on any atom is -0.391 e. The number of aliphatic hydroxyl groups is 1. The van der Waals surface area contributed by atoms with Crippen LogP contribution in [-0.2, 0) is 7.05 Å². The first-order valence-corrected chi connectivity index (χ1v) is 6.03. The number of hydrogen-bond acceptors (Lipinski definition) is 3. The molecule has 1 amide bonds. The van der Waals surface area contributed by atoms with Gasteiger partial charge in [-0.15, -0.1) is 0 Å². The average Bonchev–Trinajstić information content (AvgIpc) is 2.28. The number of amides is 1. The fraction of sp³-hybridized carbons (Fsp3) is 0.538. The first kappa shape index (κ1) is 14.4. The van der Waals surface area contributed by atoms with Gasteiger partial charge >= 0.3 is 0 Å². The summed E-state index contributed by atoms with van der Waals surface area (Å²) in [5.74, 6) is 0.0384. The second-order valence-corrected chi connectivity index (χ2v) is 4.86. The lowest BCUT2D eigenvalue weighted by Gasteiger charge is -2.13. The minimum absolute atomic E-state index is 0.201. The first-order chi connectivity index (χ1) is 8.40. The Labute approximate surface area is 106 Å². The number of carbonyl (C=O) groups is 1. The summed E-state index contributed by atoms with van der Waals surface area (Å²) in [6.45, 7) is 4.21. The molecule has 0 aliphatic rings. The Morgan fingerprint density at radius 1 is 1.50 bits per heavy atom. The van der Waals surface area contributed by atoms with Crippen LogP contribution in [0.3, 0.4) is 0 Å². The fourth-order valence-electron chi connectivity index (χ4n) is 1.63. The Morgan fingerprint density at radius 2 is 2.17 bits per heavy atom. The SMILES string of the molecule is CC(C)CC(O)CNC(=O)c1ccn(C)c(=O)c1. The van der Waals surface area contributed by atoms with Crippen molar-refractivity contribution in [2.24, 2.45) is 13.0 Å². The molecule has 0 radical (unpaired) electrons. The van der Waals surface area contributed by atoms with Gasteiger partial charge in [0.25, 0.3) is 11.5 Å². The monoisotopic (exact) mass is 252 g/mol.